The molecule has 180 valence electrons. The molecule has 0 saturated heterocycles. The summed E-state index contributed by atoms with van der Waals surface area (Å²) in [5, 5.41) is 25.1. The van der Waals surface area contributed by atoms with E-state index in [9.17, 15) is 14.9 Å². The number of nitro benzene ring substituents is 1. The van der Waals surface area contributed by atoms with Crippen molar-refractivity contribution in [3.8, 4) is 22.1 Å². The van der Waals surface area contributed by atoms with Crippen LogP contribution in [0.5, 0.6) is 5.75 Å². The van der Waals surface area contributed by atoms with Crippen LogP contribution >= 0.6 is 11.3 Å². The van der Waals surface area contributed by atoms with Crippen LogP contribution in [0, 0.1) is 10.1 Å². The minimum Gasteiger partial charge on any atom is -0.492 e. The van der Waals surface area contributed by atoms with Crippen LogP contribution in [0.15, 0.2) is 68.9 Å². The van der Waals surface area contributed by atoms with Crippen LogP contribution in [0.2, 0.25) is 0 Å². The molecule has 0 amide bonds. The minimum absolute atomic E-state index is 0.0534. The van der Waals surface area contributed by atoms with Crippen molar-refractivity contribution in [3.05, 3.63) is 80.1 Å². The Morgan fingerprint density at radius 1 is 1.14 bits per heavy atom. The average molecular weight is 493 g/mol. The highest BCUT2D eigenvalue weighted by Crippen LogP contribution is 2.33. The van der Waals surface area contributed by atoms with Crippen molar-refractivity contribution >= 4 is 28.4 Å². The van der Waals surface area contributed by atoms with E-state index in [1.165, 1.54) is 28.2 Å². The maximum atomic E-state index is 13.4. The number of H-pyrrole nitrogens is 1. The van der Waals surface area contributed by atoms with Crippen LogP contribution in [-0.4, -0.2) is 26.3 Å². The number of nitrogens with one attached hydrogen (secondary N) is 1. The topological polar surface area (TPSA) is 128 Å². The molecular formula is C24H24N6O4S. The number of hydrogen-bond donors (Lipinski definition) is 1. The lowest BCUT2D eigenvalue weighted by Crippen LogP contribution is -2.16. The van der Waals surface area contributed by atoms with Crippen molar-refractivity contribution in [3.63, 3.8) is 0 Å². The average Bonchev–Trinajstić information content (AvgIpc) is 3.44. The number of aromatic amines is 1. The van der Waals surface area contributed by atoms with E-state index >= 15 is 0 Å². The largest absolute Gasteiger partial charge is 0.492 e. The molecule has 4 aromatic rings. The lowest BCUT2D eigenvalue weighted by Gasteiger charge is -2.14. The summed E-state index contributed by atoms with van der Waals surface area (Å²) in [5.41, 5.74) is 1.62. The Labute approximate surface area is 205 Å². The van der Waals surface area contributed by atoms with E-state index in [-0.39, 0.29) is 16.8 Å². The number of para-hydroxylation sites is 1. The van der Waals surface area contributed by atoms with Gasteiger partial charge in [0.1, 0.15) is 11.4 Å². The highest BCUT2D eigenvalue weighted by molar-refractivity contribution is 7.12. The Morgan fingerprint density at radius 2 is 1.86 bits per heavy atom. The SMILES string of the molecule is CCOc1ccccc1N=Nc1c(-c2ccc([N+](=O)[O-])cc2)[nH]n(-c2nc(C(C)(C)C)cs2)c1=O. The molecule has 0 aliphatic heterocycles. The van der Waals surface area contributed by atoms with Gasteiger partial charge in [0.2, 0.25) is 5.13 Å². The van der Waals surface area contributed by atoms with E-state index < -0.39 is 10.5 Å². The number of azo groups is 1. The summed E-state index contributed by atoms with van der Waals surface area (Å²) in [6, 6.07) is 13.0. The molecule has 10 nitrogen and oxygen atoms in total. The lowest BCUT2D eigenvalue weighted by atomic mass is 9.93. The molecular weight excluding hydrogens is 468 g/mol. The van der Waals surface area contributed by atoms with Gasteiger partial charge in [0.25, 0.3) is 5.69 Å². The Balaban J connectivity index is 1.84. The third kappa shape index (κ3) is 5.04. The molecule has 1 N–H and O–H groups in total. The van der Waals surface area contributed by atoms with Crippen LogP contribution in [0.4, 0.5) is 17.1 Å². The molecule has 35 heavy (non-hydrogen) atoms. The monoisotopic (exact) mass is 492 g/mol. The number of aromatic nitrogens is 3. The molecule has 0 unspecified atom stereocenters. The van der Waals surface area contributed by atoms with Crippen LogP contribution in [0.25, 0.3) is 16.4 Å². The summed E-state index contributed by atoms with van der Waals surface area (Å²) in [7, 11) is 0. The minimum atomic E-state index is -0.480. The zero-order valence-corrected chi connectivity index (χ0v) is 20.5. The van der Waals surface area contributed by atoms with Gasteiger partial charge in [0, 0.05) is 28.5 Å². The fourth-order valence-corrected chi connectivity index (χ4v) is 4.25. The number of non-ortho nitro benzene ring substituents is 1. The van der Waals surface area contributed by atoms with Gasteiger partial charge in [0.05, 0.1) is 22.9 Å². The Hall–Kier alpha value is -4.12. The highest BCUT2D eigenvalue weighted by atomic mass is 32.1. The molecule has 0 fully saturated rings. The summed E-state index contributed by atoms with van der Waals surface area (Å²) in [6.07, 6.45) is 0. The van der Waals surface area contributed by atoms with Crippen molar-refractivity contribution < 1.29 is 9.66 Å². The number of nitrogens with zero attached hydrogens (tertiary/aromatic N) is 5. The Bertz CT molecular complexity index is 1440. The Morgan fingerprint density at radius 3 is 2.49 bits per heavy atom. The number of rotatable bonds is 7. The second-order valence-electron chi connectivity index (χ2n) is 8.65. The fourth-order valence-electron chi connectivity index (χ4n) is 3.24. The molecule has 0 spiro atoms. The van der Waals surface area contributed by atoms with E-state index in [0.29, 0.717) is 34.4 Å². The fraction of sp³-hybridized carbons (Fsp3) is 0.250. The second kappa shape index (κ2) is 9.63. The molecule has 2 aromatic heterocycles. The molecule has 0 saturated carbocycles. The van der Waals surface area contributed by atoms with Crippen molar-refractivity contribution in [2.75, 3.05) is 6.61 Å². The van der Waals surface area contributed by atoms with Crippen LogP contribution in [0.1, 0.15) is 33.4 Å². The quantitative estimate of drug-likeness (QED) is 0.184. The van der Waals surface area contributed by atoms with Gasteiger partial charge in [0.15, 0.2) is 5.69 Å². The van der Waals surface area contributed by atoms with Gasteiger partial charge in [-0.15, -0.1) is 21.6 Å². The van der Waals surface area contributed by atoms with Gasteiger partial charge in [-0.25, -0.2) is 4.98 Å². The number of nitro groups is 1. The summed E-state index contributed by atoms with van der Waals surface area (Å²) < 4.78 is 6.92. The normalized spacial score (nSPS) is 11.8. The van der Waals surface area contributed by atoms with E-state index in [4.69, 9.17) is 4.74 Å². The van der Waals surface area contributed by atoms with Crippen molar-refractivity contribution in [2.45, 2.75) is 33.1 Å². The van der Waals surface area contributed by atoms with Gasteiger partial charge in [-0.2, -0.15) is 4.68 Å². The first-order chi connectivity index (χ1) is 16.7. The first-order valence-electron chi connectivity index (χ1n) is 10.9. The smallest absolute Gasteiger partial charge is 0.301 e. The number of ether oxygens (including phenoxy) is 1. The second-order valence-corrected chi connectivity index (χ2v) is 9.48. The zero-order chi connectivity index (χ0) is 25.2. The van der Waals surface area contributed by atoms with Crippen LogP contribution in [0.3, 0.4) is 0 Å². The van der Waals surface area contributed by atoms with E-state index in [1.807, 2.05) is 39.1 Å². The van der Waals surface area contributed by atoms with E-state index in [2.05, 4.69) is 20.3 Å². The first-order valence-corrected chi connectivity index (χ1v) is 11.8. The molecule has 2 heterocycles. The molecule has 2 aromatic carbocycles. The number of hydrogen-bond acceptors (Lipinski definition) is 8. The predicted octanol–water partition coefficient (Wildman–Crippen LogP) is 6.31. The molecule has 0 radical (unpaired) electrons. The van der Waals surface area contributed by atoms with Crippen molar-refractivity contribution in [2.24, 2.45) is 10.2 Å². The third-order valence-corrected chi connectivity index (χ3v) is 5.93. The van der Waals surface area contributed by atoms with Crippen molar-refractivity contribution in [1.82, 2.24) is 14.8 Å². The van der Waals surface area contributed by atoms with Crippen LogP contribution < -0.4 is 10.3 Å². The highest BCUT2D eigenvalue weighted by Gasteiger charge is 2.22. The summed E-state index contributed by atoms with van der Waals surface area (Å²) >= 11 is 1.33. The van der Waals surface area contributed by atoms with Gasteiger partial charge in [-0.1, -0.05) is 32.9 Å². The predicted molar refractivity (Wildman–Crippen MR) is 135 cm³/mol. The van der Waals surface area contributed by atoms with E-state index in [0.717, 1.165) is 5.69 Å². The number of thiazole rings is 1. The summed E-state index contributed by atoms with van der Waals surface area (Å²) in [6.45, 7) is 8.45. The number of benzene rings is 2. The molecule has 0 atom stereocenters. The lowest BCUT2D eigenvalue weighted by molar-refractivity contribution is -0.384. The Kier molecular flexibility index (Phi) is 6.61. The summed E-state index contributed by atoms with van der Waals surface area (Å²) in [5.74, 6) is 0.543. The standard InChI is InChI=1S/C24H24N6O4S/c1-5-34-18-9-7-6-8-17(18)26-27-21-20(15-10-12-16(13-11-15)30(32)33)28-29(22(21)31)23-25-19(14-35-23)24(2,3)4/h6-14,28H,5H2,1-4H3. The molecule has 11 heteroatoms. The van der Waals surface area contributed by atoms with Gasteiger partial charge in [-0.3, -0.25) is 20.0 Å². The zero-order valence-electron chi connectivity index (χ0n) is 19.7. The van der Waals surface area contributed by atoms with Crippen LogP contribution in [-0.2, 0) is 5.41 Å². The van der Waals surface area contributed by atoms with Gasteiger partial charge >= 0.3 is 5.56 Å². The maximum Gasteiger partial charge on any atom is 0.301 e. The first kappa shape index (κ1) is 24.0. The third-order valence-electron chi connectivity index (χ3n) is 5.11. The molecule has 4 rings (SSSR count). The maximum absolute atomic E-state index is 13.4. The molecule has 0 bridgehead atoms. The van der Waals surface area contributed by atoms with Crippen molar-refractivity contribution in [1.29, 1.82) is 0 Å². The van der Waals surface area contributed by atoms with Gasteiger partial charge < -0.3 is 4.74 Å². The summed E-state index contributed by atoms with van der Waals surface area (Å²) in [4.78, 5) is 28.7. The van der Waals surface area contributed by atoms with Gasteiger partial charge in [-0.05, 0) is 31.2 Å². The molecule has 0 aliphatic carbocycles. The van der Waals surface area contributed by atoms with E-state index in [1.54, 1.807) is 30.3 Å². The molecule has 0 aliphatic rings.